The number of para-hydroxylation sites is 1. The number of benzene rings is 1. The van der Waals surface area contributed by atoms with Gasteiger partial charge in [-0.1, -0.05) is 32.0 Å². The quantitative estimate of drug-likeness (QED) is 0.770. The molecule has 4 nitrogen and oxygen atoms in total. The number of hydrogen-bond donors (Lipinski definition) is 1. The van der Waals surface area contributed by atoms with Gasteiger partial charge in [0.25, 0.3) is 0 Å². The Morgan fingerprint density at radius 3 is 2.53 bits per heavy atom. The fraction of sp³-hybridized carbons (Fsp3) is 0.533. The summed E-state index contributed by atoms with van der Waals surface area (Å²) >= 11 is 0. The number of carbonyl (C=O) groups is 1. The van der Waals surface area contributed by atoms with Crippen molar-refractivity contribution in [2.45, 2.75) is 46.4 Å². The Hall–Kier alpha value is -1.55. The molecule has 4 heteroatoms. The maximum absolute atomic E-state index is 11.4. The van der Waals surface area contributed by atoms with Crippen LogP contribution in [0.4, 0.5) is 0 Å². The van der Waals surface area contributed by atoms with Crippen molar-refractivity contribution in [3.63, 3.8) is 0 Å². The van der Waals surface area contributed by atoms with Gasteiger partial charge < -0.3 is 14.8 Å². The Bertz CT molecular complexity index is 402. The van der Waals surface area contributed by atoms with Gasteiger partial charge in [-0.15, -0.1) is 0 Å². The molecule has 0 spiro atoms. The Morgan fingerprint density at radius 1 is 1.21 bits per heavy atom. The first-order chi connectivity index (χ1) is 8.99. The number of ether oxygens (including phenoxy) is 2. The van der Waals surface area contributed by atoms with Crippen LogP contribution in [0.25, 0.3) is 0 Å². The molecule has 0 aliphatic heterocycles. The van der Waals surface area contributed by atoms with E-state index in [4.69, 9.17) is 9.47 Å². The molecule has 0 saturated heterocycles. The molecular weight excluding hydrogens is 242 g/mol. The molecule has 0 atom stereocenters. The largest absolute Gasteiger partial charge is 0.482 e. The molecule has 0 saturated carbocycles. The minimum atomic E-state index is -0.346. The van der Waals surface area contributed by atoms with Crippen molar-refractivity contribution < 1.29 is 14.3 Å². The van der Waals surface area contributed by atoms with E-state index in [2.05, 4.69) is 19.2 Å². The lowest BCUT2D eigenvalue weighted by Gasteiger charge is -2.14. The van der Waals surface area contributed by atoms with Crippen LogP contribution in [0, 0.1) is 0 Å². The molecule has 0 heterocycles. The summed E-state index contributed by atoms with van der Waals surface area (Å²) in [6.07, 6.45) is -0.117. The van der Waals surface area contributed by atoms with Crippen molar-refractivity contribution in [2.24, 2.45) is 0 Å². The number of carbonyl (C=O) groups excluding carboxylic acids is 1. The van der Waals surface area contributed by atoms with Gasteiger partial charge in [-0.25, -0.2) is 4.79 Å². The summed E-state index contributed by atoms with van der Waals surface area (Å²) in [6, 6.07) is 8.09. The maximum atomic E-state index is 11.4. The lowest BCUT2D eigenvalue weighted by atomic mass is 10.2. The molecule has 19 heavy (non-hydrogen) atoms. The van der Waals surface area contributed by atoms with Gasteiger partial charge in [0, 0.05) is 18.2 Å². The predicted octanol–water partition coefficient (Wildman–Crippen LogP) is 2.52. The fourth-order valence-electron chi connectivity index (χ4n) is 1.54. The fourth-order valence-corrected chi connectivity index (χ4v) is 1.54. The van der Waals surface area contributed by atoms with Crippen molar-refractivity contribution in [1.82, 2.24) is 5.32 Å². The van der Waals surface area contributed by atoms with Gasteiger partial charge in [-0.3, -0.25) is 0 Å². The second-order valence-corrected chi connectivity index (χ2v) is 4.97. The molecule has 0 aliphatic carbocycles. The molecule has 1 aromatic rings. The third kappa shape index (κ3) is 6.25. The average molecular weight is 265 g/mol. The monoisotopic (exact) mass is 265 g/mol. The highest BCUT2D eigenvalue weighted by molar-refractivity contribution is 5.71. The van der Waals surface area contributed by atoms with E-state index in [1.165, 1.54) is 0 Å². The molecule has 0 radical (unpaired) electrons. The molecule has 0 aromatic heterocycles. The first-order valence-electron chi connectivity index (χ1n) is 6.62. The molecule has 0 amide bonds. The van der Waals surface area contributed by atoms with Gasteiger partial charge in [0.05, 0.1) is 6.10 Å². The zero-order valence-electron chi connectivity index (χ0n) is 12.1. The first-order valence-corrected chi connectivity index (χ1v) is 6.62. The SMILES string of the molecule is CC(C)NCc1ccccc1OCC(=O)OC(C)C. The van der Waals surface area contributed by atoms with Crippen LogP contribution in [-0.2, 0) is 16.1 Å². The van der Waals surface area contributed by atoms with E-state index in [0.29, 0.717) is 12.6 Å². The summed E-state index contributed by atoms with van der Waals surface area (Å²) in [5, 5.41) is 3.33. The Labute approximate surface area is 115 Å². The van der Waals surface area contributed by atoms with E-state index in [9.17, 15) is 4.79 Å². The van der Waals surface area contributed by atoms with Crippen molar-refractivity contribution in [3.05, 3.63) is 29.8 Å². The number of esters is 1. The molecule has 0 bridgehead atoms. The molecule has 1 aromatic carbocycles. The minimum Gasteiger partial charge on any atom is -0.482 e. The maximum Gasteiger partial charge on any atom is 0.344 e. The summed E-state index contributed by atoms with van der Waals surface area (Å²) < 4.78 is 10.5. The number of hydrogen-bond acceptors (Lipinski definition) is 4. The van der Waals surface area contributed by atoms with Crippen LogP contribution in [0.2, 0.25) is 0 Å². The summed E-state index contributed by atoms with van der Waals surface area (Å²) in [5.74, 6) is 0.373. The Morgan fingerprint density at radius 2 is 1.89 bits per heavy atom. The summed E-state index contributed by atoms with van der Waals surface area (Å²) in [6.45, 7) is 8.47. The second kappa shape index (κ2) is 7.79. The van der Waals surface area contributed by atoms with Gasteiger partial charge in [-0.2, -0.15) is 0 Å². The van der Waals surface area contributed by atoms with Gasteiger partial charge in [0.1, 0.15) is 5.75 Å². The zero-order valence-corrected chi connectivity index (χ0v) is 12.1. The summed E-state index contributed by atoms with van der Waals surface area (Å²) in [5.41, 5.74) is 1.04. The zero-order chi connectivity index (χ0) is 14.3. The van der Waals surface area contributed by atoms with Crippen LogP contribution >= 0.6 is 0 Å². The number of rotatable bonds is 7. The first kappa shape index (κ1) is 15.5. The average Bonchev–Trinajstić information content (AvgIpc) is 2.34. The highest BCUT2D eigenvalue weighted by atomic mass is 16.6. The minimum absolute atomic E-state index is 0.0587. The van der Waals surface area contributed by atoms with Gasteiger partial charge in [-0.05, 0) is 19.9 Å². The predicted molar refractivity (Wildman–Crippen MR) is 75.1 cm³/mol. The van der Waals surface area contributed by atoms with Gasteiger partial charge >= 0.3 is 5.97 Å². The van der Waals surface area contributed by atoms with Crippen LogP contribution in [-0.4, -0.2) is 24.7 Å². The Kier molecular flexibility index (Phi) is 6.36. The van der Waals surface area contributed by atoms with Crippen molar-refractivity contribution in [1.29, 1.82) is 0 Å². The van der Waals surface area contributed by atoms with Crippen LogP contribution < -0.4 is 10.1 Å². The lowest BCUT2D eigenvalue weighted by molar-refractivity contribution is -0.149. The van der Waals surface area contributed by atoms with E-state index in [1.807, 2.05) is 38.1 Å². The van der Waals surface area contributed by atoms with Crippen molar-refractivity contribution >= 4 is 5.97 Å². The van der Waals surface area contributed by atoms with E-state index in [1.54, 1.807) is 0 Å². The third-order valence-electron chi connectivity index (χ3n) is 2.39. The normalized spacial score (nSPS) is 10.8. The molecular formula is C15H23NO3. The molecule has 0 aliphatic rings. The summed E-state index contributed by atoms with van der Waals surface area (Å²) in [4.78, 5) is 11.4. The van der Waals surface area contributed by atoms with Crippen LogP contribution in [0.15, 0.2) is 24.3 Å². The van der Waals surface area contributed by atoms with Crippen molar-refractivity contribution in [2.75, 3.05) is 6.61 Å². The summed E-state index contributed by atoms with van der Waals surface area (Å²) in [7, 11) is 0. The van der Waals surface area contributed by atoms with E-state index < -0.39 is 0 Å². The highest BCUT2D eigenvalue weighted by Gasteiger charge is 2.09. The number of nitrogens with one attached hydrogen (secondary N) is 1. The second-order valence-electron chi connectivity index (χ2n) is 4.97. The lowest BCUT2D eigenvalue weighted by Crippen LogP contribution is -2.23. The molecule has 0 unspecified atom stereocenters. The topological polar surface area (TPSA) is 47.6 Å². The van der Waals surface area contributed by atoms with Crippen molar-refractivity contribution in [3.8, 4) is 5.75 Å². The smallest absolute Gasteiger partial charge is 0.344 e. The third-order valence-corrected chi connectivity index (χ3v) is 2.39. The van der Waals surface area contributed by atoms with Crippen LogP contribution in [0.5, 0.6) is 5.75 Å². The molecule has 0 fully saturated rings. The molecule has 1 N–H and O–H groups in total. The van der Waals surface area contributed by atoms with E-state index >= 15 is 0 Å². The molecule has 1 rings (SSSR count). The molecule has 106 valence electrons. The standard InChI is InChI=1S/C15H23NO3/c1-11(2)16-9-13-7-5-6-8-14(13)18-10-15(17)19-12(3)4/h5-8,11-12,16H,9-10H2,1-4H3. The van der Waals surface area contributed by atoms with Crippen LogP contribution in [0.3, 0.4) is 0 Å². The van der Waals surface area contributed by atoms with Crippen LogP contribution in [0.1, 0.15) is 33.3 Å². The highest BCUT2D eigenvalue weighted by Crippen LogP contribution is 2.17. The van der Waals surface area contributed by atoms with Gasteiger partial charge in [0.2, 0.25) is 0 Å². The Balaban J connectivity index is 2.55. The van der Waals surface area contributed by atoms with Gasteiger partial charge in [0.15, 0.2) is 6.61 Å². The van der Waals surface area contributed by atoms with E-state index in [0.717, 1.165) is 11.3 Å². The van der Waals surface area contributed by atoms with E-state index in [-0.39, 0.29) is 18.7 Å².